The highest BCUT2D eigenvalue weighted by Gasteiger charge is 2.35. The maximum absolute atomic E-state index is 12.4. The van der Waals surface area contributed by atoms with Crippen LogP contribution >= 0.6 is 0 Å². The van der Waals surface area contributed by atoms with Crippen LogP contribution < -0.4 is 5.32 Å². The van der Waals surface area contributed by atoms with Crippen LogP contribution in [0.15, 0.2) is 36.4 Å². The van der Waals surface area contributed by atoms with E-state index in [1.807, 2.05) is 12.2 Å². The number of carbonyl (C=O) groups is 2. The molecular weight excluding hydrogens is 268 g/mol. The Balaban J connectivity index is 2.15. The molecule has 21 heavy (non-hydrogen) atoms. The van der Waals surface area contributed by atoms with E-state index in [1.54, 1.807) is 32.3 Å². The lowest BCUT2D eigenvalue weighted by atomic mass is 9.81. The van der Waals surface area contributed by atoms with Gasteiger partial charge in [0.2, 0.25) is 11.8 Å². The molecule has 0 spiro atoms. The molecule has 0 fully saturated rings. The number of carbonyl (C=O) groups excluding carboxylic acids is 2. The lowest BCUT2D eigenvalue weighted by molar-refractivity contribution is -0.138. The topological polar surface area (TPSA) is 69.6 Å². The van der Waals surface area contributed by atoms with E-state index in [0.29, 0.717) is 18.5 Å². The summed E-state index contributed by atoms with van der Waals surface area (Å²) in [7, 11) is 3.39. The number of rotatable bonds is 3. The molecule has 0 bridgehead atoms. The first kappa shape index (κ1) is 15.1. The Morgan fingerprint density at radius 1 is 1.14 bits per heavy atom. The predicted octanol–water partition coefficient (Wildman–Crippen LogP) is 2.00. The third-order valence-electron chi connectivity index (χ3n) is 3.69. The number of allylic oxidation sites excluding steroid dienone is 2. The smallest absolute Gasteiger partial charge is 0.228 e. The zero-order valence-electron chi connectivity index (χ0n) is 12.2. The molecule has 0 radical (unpaired) electrons. The summed E-state index contributed by atoms with van der Waals surface area (Å²) in [6.07, 6.45) is 4.96. The fourth-order valence-electron chi connectivity index (χ4n) is 2.51. The van der Waals surface area contributed by atoms with Gasteiger partial charge in [-0.25, -0.2) is 0 Å². The minimum atomic E-state index is -0.412. The Kier molecular flexibility index (Phi) is 4.62. The fraction of sp³-hybridized carbons (Fsp3) is 0.375. The molecule has 2 N–H and O–H groups in total. The summed E-state index contributed by atoms with van der Waals surface area (Å²) in [5.41, 5.74) is 0.369. The van der Waals surface area contributed by atoms with Crippen molar-refractivity contribution in [2.24, 2.45) is 11.8 Å². The number of phenols is 1. The molecule has 1 aromatic rings. The Labute approximate surface area is 124 Å². The third-order valence-corrected chi connectivity index (χ3v) is 3.69. The summed E-state index contributed by atoms with van der Waals surface area (Å²) in [6, 6.07) is 6.57. The summed E-state index contributed by atoms with van der Waals surface area (Å²) >= 11 is 0. The lowest BCUT2D eigenvalue weighted by Gasteiger charge is -2.28. The van der Waals surface area contributed by atoms with E-state index in [1.165, 1.54) is 11.0 Å². The van der Waals surface area contributed by atoms with Crippen LogP contribution in [-0.2, 0) is 9.59 Å². The molecule has 2 atom stereocenters. The highest BCUT2D eigenvalue weighted by Crippen LogP contribution is 2.30. The van der Waals surface area contributed by atoms with Gasteiger partial charge in [0.25, 0.3) is 0 Å². The van der Waals surface area contributed by atoms with Crippen LogP contribution in [-0.4, -0.2) is 35.9 Å². The van der Waals surface area contributed by atoms with Crippen LogP contribution in [0.25, 0.3) is 0 Å². The highest BCUT2D eigenvalue weighted by atomic mass is 16.3. The molecule has 0 aliphatic heterocycles. The molecule has 1 aliphatic carbocycles. The van der Waals surface area contributed by atoms with Crippen molar-refractivity contribution in [3.63, 3.8) is 0 Å². The summed E-state index contributed by atoms with van der Waals surface area (Å²) < 4.78 is 0. The van der Waals surface area contributed by atoms with E-state index >= 15 is 0 Å². The van der Waals surface area contributed by atoms with E-state index in [-0.39, 0.29) is 23.5 Å². The van der Waals surface area contributed by atoms with Gasteiger partial charge in [-0.2, -0.15) is 0 Å². The number of nitrogens with zero attached hydrogens (tertiary/aromatic N) is 1. The quantitative estimate of drug-likeness (QED) is 0.660. The first-order chi connectivity index (χ1) is 10.0. The van der Waals surface area contributed by atoms with Gasteiger partial charge in [-0.1, -0.05) is 24.3 Å². The van der Waals surface area contributed by atoms with Gasteiger partial charge in [-0.15, -0.1) is 0 Å². The SMILES string of the molecule is CN(C)C(=O)C1CC=CCC1C(=O)Nc1ccccc1O. The average Bonchev–Trinajstić information content (AvgIpc) is 2.48. The zero-order chi connectivity index (χ0) is 15.4. The number of hydrogen-bond acceptors (Lipinski definition) is 3. The number of phenolic OH excluding ortho intramolecular Hbond substituents is 1. The highest BCUT2D eigenvalue weighted by molar-refractivity contribution is 5.97. The van der Waals surface area contributed by atoms with E-state index < -0.39 is 5.92 Å². The molecule has 0 heterocycles. The van der Waals surface area contributed by atoms with E-state index in [9.17, 15) is 14.7 Å². The standard InChI is InChI=1S/C16H20N2O3/c1-18(2)16(21)12-8-4-3-7-11(12)15(20)17-13-9-5-6-10-14(13)19/h3-6,9-12,19H,7-8H2,1-2H3,(H,17,20). The molecule has 2 rings (SSSR count). The molecule has 0 saturated heterocycles. The molecule has 1 aliphatic rings. The van der Waals surface area contributed by atoms with Crippen molar-refractivity contribution >= 4 is 17.5 Å². The second-order valence-corrected chi connectivity index (χ2v) is 5.39. The monoisotopic (exact) mass is 288 g/mol. The summed E-state index contributed by atoms with van der Waals surface area (Å²) in [4.78, 5) is 26.1. The molecule has 2 amide bonds. The summed E-state index contributed by atoms with van der Waals surface area (Å²) in [6.45, 7) is 0. The van der Waals surface area contributed by atoms with Gasteiger partial charge < -0.3 is 15.3 Å². The number of amides is 2. The first-order valence-electron chi connectivity index (χ1n) is 6.95. The van der Waals surface area contributed by atoms with Gasteiger partial charge in [0.1, 0.15) is 5.75 Å². The van der Waals surface area contributed by atoms with Crippen LogP contribution in [0.3, 0.4) is 0 Å². The molecular formula is C16H20N2O3. The molecule has 2 unspecified atom stereocenters. The van der Waals surface area contributed by atoms with Crippen LogP contribution in [0.4, 0.5) is 5.69 Å². The van der Waals surface area contributed by atoms with Crippen molar-refractivity contribution in [3.8, 4) is 5.75 Å². The minimum Gasteiger partial charge on any atom is -0.506 e. The van der Waals surface area contributed by atoms with Crippen molar-refractivity contribution in [3.05, 3.63) is 36.4 Å². The number of para-hydroxylation sites is 2. The summed E-state index contributed by atoms with van der Waals surface area (Å²) in [5.74, 6) is -1.02. The second-order valence-electron chi connectivity index (χ2n) is 5.39. The molecule has 0 saturated carbocycles. The summed E-state index contributed by atoms with van der Waals surface area (Å²) in [5, 5.41) is 12.4. The van der Waals surface area contributed by atoms with E-state index in [4.69, 9.17) is 0 Å². The molecule has 5 nitrogen and oxygen atoms in total. The van der Waals surface area contributed by atoms with Crippen molar-refractivity contribution in [2.75, 3.05) is 19.4 Å². The third kappa shape index (κ3) is 3.42. The van der Waals surface area contributed by atoms with E-state index in [0.717, 1.165) is 0 Å². The first-order valence-corrected chi connectivity index (χ1v) is 6.95. The van der Waals surface area contributed by atoms with Gasteiger partial charge in [0.15, 0.2) is 0 Å². The normalized spacial score (nSPS) is 20.9. The van der Waals surface area contributed by atoms with Gasteiger partial charge in [0, 0.05) is 14.1 Å². The lowest BCUT2D eigenvalue weighted by Crippen LogP contribution is -2.40. The fourth-order valence-corrected chi connectivity index (χ4v) is 2.51. The number of benzene rings is 1. The Morgan fingerprint density at radius 2 is 1.76 bits per heavy atom. The van der Waals surface area contributed by atoms with Gasteiger partial charge in [-0.05, 0) is 25.0 Å². The maximum atomic E-state index is 12.4. The van der Waals surface area contributed by atoms with Crippen LogP contribution in [0.5, 0.6) is 5.75 Å². The molecule has 0 aromatic heterocycles. The van der Waals surface area contributed by atoms with Gasteiger partial charge in [-0.3, -0.25) is 9.59 Å². The Morgan fingerprint density at radius 3 is 2.38 bits per heavy atom. The maximum Gasteiger partial charge on any atom is 0.228 e. The Hall–Kier alpha value is -2.30. The van der Waals surface area contributed by atoms with E-state index in [2.05, 4.69) is 5.32 Å². The van der Waals surface area contributed by atoms with Crippen molar-refractivity contribution in [1.29, 1.82) is 0 Å². The van der Waals surface area contributed by atoms with Crippen LogP contribution in [0, 0.1) is 11.8 Å². The minimum absolute atomic E-state index is 0.0210. The number of anilines is 1. The number of aromatic hydroxyl groups is 1. The molecule has 1 aromatic carbocycles. The molecule has 112 valence electrons. The second kappa shape index (κ2) is 6.43. The van der Waals surface area contributed by atoms with Gasteiger partial charge in [0.05, 0.1) is 17.5 Å². The number of hydrogen-bond donors (Lipinski definition) is 2. The van der Waals surface area contributed by atoms with Gasteiger partial charge >= 0.3 is 0 Å². The Bertz CT molecular complexity index is 566. The van der Waals surface area contributed by atoms with Crippen molar-refractivity contribution in [1.82, 2.24) is 4.90 Å². The van der Waals surface area contributed by atoms with Crippen molar-refractivity contribution < 1.29 is 14.7 Å². The zero-order valence-corrected chi connectivity index (χ0v) is 12.2. The van der Waals surface area contributed by atoms with Crippen LogP contribution in [0.2, 0.25) is 0 Å². The molecule has 5 heteroatoms. The van der Waals surface area contributed by atoms with Crippen molar-refractivity contribution in [2.45, 2.75) is 12.8 Å². The number of nitrogens with one attached hydrogen (secondary N) is 1. The largest absolute Gasteiger partial charge is 0.506 e. The average molecular weight is 288 g/mol. The predicted molar refractivity (Wildman–Crippen MR) is 80.8 cm³/mol. The van der Waals surface area contributed by atoms with Crippen LogP contribution in [0.1, 0.15) is 12.8 Å².